The third kappa shape index (κ3) is 3.49. The van der Waals surface area contributed by atoms with Gasteiger partial charge in [-0.1, -0.05) is 47.5 Å². The van der Waals surface area contributed by atoms with Crippen LogP contribution in [0.15, 0.2) is 59.7 Å². The number of carbonyl (C=O) groups excluding carboxylic acids is 1. The molecule has 0 saturated heterocycles. The van der Waals surface area contributed by atoms with E-state index in [9.17, 15) is 4.79 Å². The van der Waals surface area contributed by atoms with E-state index in [2.05, 4.69) is 0 Å². The number of allylic oxidation sites excluding steroid dienone is 2. The molecule has 22 heavy (non-hydrogen) atoms. The van der Waals surface area contributed by atoms with Crippen LogP contribution in [0.5, 0.6) is 0 Å². The van der Waals surface area contributed by atoms with Gasteiger partial charge < -0.3 is 0 Å². The van der Waals surface area contributed by atoms with Crippen molar-refractivity contribution in [3.63, 3.8) is 0 Å². The SMILES string of the molecule is O=C1/C(=C\c2cccc(Cl)c2)CC/C1=C\c1cccc(Cl)c1. The van der Waals surface area contributed by atoms with Crippen molar-refractivity contribution in [2.45, 2.75) is 12.8 Å². The number of ketones is 1. The van der Waals surface area contributed by atoms with Crippen LogP contribution in [0, 0.1) is 0 Å². The Balaban J connectivity index is 1.86. The van der Waals surface area contributed by atoms with Gasteiger partial charge in [-0.15, -0.1) is 0 Å². The minimum Gasteiger partial charge on any atom is -0.289 e. The molecule has 1 aliphatic rings. The summed E-state index contributed by atoms with van der Waals surface area (Å²) in [5.74, 6) is 0.111. The molecular formula is C19H14Cl2O. The summed E-state index contributed by atoms with van der Waals surface area (Å²) in [4.78, 5) is 12.5. The molecule has 0 bridgehead atoms. The Kier molecular flexibility index (Phi) is 4.47. The molecule has 2 aromatic carbocycles. The first-order valence-electron chi connectivity index (χ1n) is 7.09. The van der Waals surface area contributed by atoms with Gasteiger partial charge in [-0.25, -0.2) is 0 Å². The van der Waals surface area contributed by atoms with Crippen molar-refractivity contribution in [1.82, 2.24) is 0 Å². The van der Waals surface area contributed by atoms with E-state index >= 15 is 0 Å². The molecule has 0 aliphatic heterocycles. The second-order valence-corrected chi connectivity index (χ2v) is 6.15. The Morgan fingerprint density at radius 2 is 1.23 bits per heavy atom. The Morgan fingerprint density at radius 1 is 0.773 bits per heavy atom. The first-order chi connectivity index (χ1) is 10.6. The second kappa shape index (κ2) is 6.51. The van der Waals surface area contributed by atoms with Crippen molar-refractivity contribution in [2.75, 3.05) is 0 Å². The number of carbonyl (C=O) groups is 1. The fraction of sp³-hybridized carbons (Fsp3) is 0.105. The highest BCUT2D eigenvalue weighted by Gasteiger charge is 2.22. The highest BCUT2D eigenvalue weighted by atomic mass is 35.5. The maximum absolute atomic E-state index is 12.5. The lowest BCUT2D eigenvalue weighted by molar-refractivity contribution is -0.111. The lowest BCUT2D eigenvalue weighted by Crippen LogP contribution is -1.95. The van der Waals surface area contributed by atoms with Gasteiger partial charge in [-0.3, -0.25) is 4.79 Å². The summed E-state index contributed by atoms with van der Waals surface area (Å²) in [7, 11) is 0. The summed E-state index contributed by atoms with van der Waals surface area (Å²) < 4.78 is 0. The number of rotatable bonds is 2. The maximum atomic E-state index is 12.5. The van der Waals surface area contributed by atoms with Crippen LogP contribution in [0.25, 0.3) is 12.2 Å². The average molecular weight is 329 g/mol. The van der Waals surface area contributed by atoms with E-state index < -0.39 is 0 Å². The normalized spacial score (nSPS) is 18.4. The predicted octanol–water partition coefficient (Wildman–Crippen LogP) is 5.82. The van der Waals surface area contributed by atoms with Crippen molar-refractivity contribution < 1.29 is 4.79 Å². The van der Waals surface area contributed by atoms with Gasteiger partial charge in [0.15, 0.2) is 5.78 Å². The molecule has 0 amide bonds. The van der Waals surface area contributed by atoms with Crippen LogP contribution in [0.2, 0.25) is 10.0 Å². The van der Waals surface area contributed by atoms with Gasteiger partial charge in [0.05, 0.1) is 0 Å². The molecule has 3 heteroatoms. The summed E-state index contributed by atoms with van der Waals surface area (Å²) >= 11 is 12.0. The zero-order chi connectivity index (χ0) is 15.5. The maximum Gasteiger partial charge on any atom is 0.185 e. The van der Waals surface area contributed by atoms with Crippen molar-refractivity contribution in [1.29, 1.82) is 0 Å². The van der Waals surface area contributed by atoms with Gasteiger partial charge in [0.1, 0.15) is 0 Å². The zero-order valence-corrected chi connectivity index (χ0v) is 13.4. The standard InChI is InChI=1S/C19H14Cl2O/c20-17-5-1-3-13(11-17)9-15-7-8-16(19(15)22)10-14-4-2-6-18(21)12-14/h1-6,9-12H,7-8H2/b15-9-,16-10+. The summed E-state index contributed by atoms with van der Waals surface area (Å²) in [5, 5.41) is 1.35. The first kappa shape index (κ1) is 15.1. The van der Waals surface area contributed by atoms with Gasteiger partial charge in [0, 0.05) is 21.2 Å². The second-order valence-electron chi connectivity index (χ2n) is 5.28. The average Bonchev–Trinajstić information content (AvgIpc) is 2.80. The van der Waals surface area contributed by atoms with Gasteiger partial charge in [-0.05, 0) is 60.4 Å². The van der Waals surface area contributed by atoms with E-state index in [1.54, 1.807) is 0 Å². The summed E-state index contributed by atoms with van der Waals surface area (Å²) in [6, 6.07) is 15.0. The lowest BCUT2D eigenvalue weighted by atomic mass is 10.1. The smallest absolute Gasteiger partial charge is 0.185 e. The molecule has 1 saturated carbocycles. The molecule has 110 valence electrons. The third-order valence-corrected chi connectivity index (χ3v) is 4.10. The van der Waals surface area contributed by atoms with E-state index in [0.717, 1.165) is 35.1 Å². The molecular weight excluding hydrogens is 315 g/mol. The van der Waals surface area contributed by atoms with Gasteiger partial charge in [-0.2, -0.15) is 0 Å². The van der Waals surface area contributed by atoms with Crippen LogP contribution < -0.4 is 0 Å². The number of hydrogen-bond acceptors (Lipinski definition) is 1. The largest absolute Gasteiger partial charge is 0.289 e. The van der Waals surface area contributed by atoms with Crippen LogP contribution in [0.1, 0.15) is 24.0 Å². The van der Waals surface area contributed by atoms with Crippen LogP contribution in [-0.2, 0) is 4.79 Å². The molecule has 1 fully saturated rings. The summed E-state index contributed by atoms with van der Waals surface area (Å²) in [6.45, 7) is 0. The van der Waals surface area contributed by atoms with Gasteiger partial charge >= 0.3 is 0 Å². The third-order valence-electron chi connectivity index (χ3n) is 3.63. The van der Waals surface area contributed by atoms with Crippen molar-refractivity contribution >= 4 is 41.1 Å². The first-order valence-corrected chi connectivity index (χ1v) is 7.84. The van der Waals surface area contributed by atoms with Crippen LogP contribution in [0.3, 0.4) is 0 Å². The van der Waals surface area contributed by atoms with Crippen molar-refractivity contribution in [3.8, 4) is 0 Å². The molecule has 0 radical (unpaired) electrons. The molecule has 1 nitrogen and oxygen atoms in total. The number of Topliss-reactive ketones (excluding diaryl/α,β-unsaturated/α-hetero) is 1. The molecule has 0 unspecified atom stereocenters. The number of halogens is 2. The van der Waals surface area contributed by atoms with Crippen molar-refractivity contribution in [2.24, 2.45) is 0 Å². The van der Waals surface area contributed by atoms with Crippen LogP contribution in [-0.4, -0.2) is 5.78 Å². The van der Waals surface area contributed by atoms with E-state index in [-0.39, 0.29) is 5.78 Å². The zero-order valence-electron chi connectivity index (χ0n) is 11.9. The van der Waals surface area contributed by atoms with Gasteiger partial charge in [0.2, 0.25) is 0 Å². The van der Waals surface area contributed by atoms with Crippen molar-refractivity contribution in [3.05, 3.63) is 80.8 Å². The fourth-order valence-corrected chi connectivity index (χ4v) is 2.97. The summed E-state index contributed by atoms with van der Waals surface area (Å²) in [5.41, 5.74) is 3.57. The predicted molar refractivity (Wildman–Crippen MR) is 93.1 cm³/mol. The molecule has 0 N–H and O–H groups in total. The monoisotopic (exact) mass is 328 g/mol. The Labute approximate surface area is 139 Å². The lowest BCUT2D eigenvalue weighted by Gasteiger charge is -1.99. The summed E-state index contributed by atoms with van der Waals surface area (Å²) in [6.07, 6.45) is 5.37. The number of benzene rings is 2. The van der Waals surface area contributed by atoms with Crippen LogP contribution in [0.4, 0.5) is 0 Å². The van der Waals surface area contributed by atoms with Gasteiger partial charge in [0.25, 0.3) is 0 Å². The molecule has 2 aromatic rings. The van der Waals surface area contributed by atoms with E-state index in [1.165, 1.54) is 0 Å². The molecule has 0 spiro atoms. The molecule has 0 heterocycles. The minimum atomic E-state index is 0.111. The molecule has 0 atom stereocenters. The molecule has 0 aromatic heterocycles. The quantitative estimate of drug-likeness (QED) is 0.634. The minimum absolute atomic E-state index is 0.111. The fourth-order valence-electron chi connectivity index (χ4n) is 2.57. The van der Waals surface area contributed by atoms with E-state index in [4.69, 9.17) is 23.2 Å². The van der Waals surface area contributed by atoms with E-state index in [0.29, 0.717) is 10.0 Å². The molecule has 3 rings (SSSR count). The molecule has 1 aliphatic carbocycles. The topological polar surface area (TPSA) is 17.1 Å². The Hall–Kier alpha value is -1.83. The Bertz CT molecular complexity index is 722. The Morgan fingerprint density at radius 3 is 1.64 bits per heavy atom. The number of hydrogen-bond donors (Lipinski definition) is 0. The van der Waals surface area contributed by atoms with E-state index in [1.807, 2.05) is 60.7 Å². The highest BCUT2D eigenvalue weighted by Crippen LogP contribution is 2.30. The van der Waals surface area contributed by atoms with Crippen LogP contribution >= 0.6 is 23.2 Å². The highest BCUT2D eigenvalue weighted by molar-refractivity contribution is 6.31.